The zero-order chi connectivity index (χ0) is 18.7. The van der Waals surface area contributed by atoms with Gasteiger partial charge >= 0.3 is 17.7 Å². The van der Waals surface area contributed by atoms with Crippen LogP contribution >= 0.6 is 11.6 Å². The van der Waals surface area contributed by atoms with Gasteiger partial charge in [0.1, 0.15) is 0 Å². The molecular formula is C15H15ClN6O4. The van der Waals surface area contributed by atoms with Crippen LogP contribution in [0.5, 0.6) is 0 Å². The van der Waals surface area contributed by atoms with E-state index >= 15 is 0 Å². The third kappa shape index (κ3) is 3.45. The molecule has 1 aromatic carbocycles. The predicted octanol–water partition coefficient (Wildman–Crippen LogP) is 0.212. The molecule has 0 radical (unpaired) electrons. The second kappa shape index (κ2) is 7.40. The molecule has 2 amide bonds. The molecule has 0 bridgehead atoms. The first kappa shape index (κ1) is 17.7. The van der Waals surface area contributed by atoms with Gasteiger partial charge in [-0.15, -0.1) is 0 Å². The lowest BCUT2D eigenvalue weighted by molar-refractivity contribution is -0.138. The summed E-state index contributed by atoms with van der Waals surface area (Å²) in [6.07, 6.45) is 0. The topological polar surface area (TPSA) is 120 Å². The number of aromatic nitrogens is 4. The molecule has 0 saturated heterocycles. The van der Waals surface area contributed by atoms with E-state index in [4.69, 9.17) is 16.3 Å². The summed E-state index contributed by atoms with van der Waals surface area (Å²) in [6, 6.07) is 6.19. The number of para-hydroxylation sites is 1. The Bertz CT molecular complexity index is 948. The van der Waals surface area contributed by atoms with Crippen molar-refractivity contribution in [1.82, 2.24) is 30.4 Å². The Balaban J connectivity index is 1.95. The normalized spacial score (nSPS) is 14.0. The molecular weight excluding hydrogens is 364 g/mol. The van der Waals surface area contributed by atoms with Gasteiger partial charge in [-0.1, -0.05) is 23.7 Å². The Hall–Kier alpha value is -3.14. The predicted molar refractivity (Wildman–Crippen MR) is 90.8 cm³/mol. The average Bonchev–Trinajstić information content (AvgIpc) is 2.96. The van der Waals surface area contributed by atoms with Crippen molar-refractivity contribution in [2.75, 3.05) is 13.2 Å². The lowest BCUT2D eigenvalue weighted by atomic mass is 10.1. The van der Waals surface area contributed by atoms with Crippen molar-refractivity contribution in [2.24, 2.45) is 0 Å². The second-order valence-electron chi connectivity index (χ2n) is 5.27. The summed E-state index contributed by atoms with van der Waals surface area (Å²) in [5, 5.41) is 12.9. The maximum Gasteiger partial charge on any atom is 0.368 e. The van der Waals surface area contributed by atoms with Crippen LogP contribution in [0, 0.1) is 0 Å². The molecule has 26 heavy (non-hydrogen) atoms. The summed E-state index contributed by atoms with van der Waals surface area (Å²) < 4.78 is 7.03. The number of halogens is 1. The summed E-state index contributed by atoms with van der Waals surface area (Å²) >= 11 is 6.08. The number of nitrogens with one attached hydrogen (secondary N) is 2. The van der Waals surface area contributed by atoms with Crippen LogP contribution < -0.4 is 16.3 Å². The smallest absolute Gasteiger partial charge is 0.368 e. The number of carbonyl (C=O) groups excluding carboxylic acids is 2. The Morgan fingerprint density at radius 2 is 2.08 bits per heavy atom. The largest absolute Gasteiger partial charge is 0.463 e. The fraction of sp³-hybridized carbons (Fsp3) is 0.267. The molecule has 10 nitrogen and oxygen atoms in total. The zero-order valence-corrected chi connectivity index (χ0v) is 14.5. The molecule has 0 fully saturated rings. The average molecular weight is 379 g/mol. The van der Waals surface area contributed by atoms with Crippen molar-refractivity contribution in [3.8, 4) is 5.69 Å². The third-order valence-corrected chi connectivity index (χ3v) is 3.92. The highest BCUT2D eigenvalue weighted by Gasteiger charge is 2.25. The molecule has 1 aromatic heterocycles. The number of amides is 2. The number of benzene rings is 1. The van der Waals surface area contributed by atoms with E-state index in [1.807, 2.05) is 0 Å². The quantitative estimate of drug-likeness (QED) is 0.718. The summed E-state index contributed by atoms with van der Waals surface area (Å²) in [4.78, 5) is 36.2. The van der Waals surface area contributed by atoms with Crippen LogP contribution in [0.2, 0.25) is 5.02 Å². The van der Waals surface area contributed by atoms with E-state index in [1.165, 1.54) is 0 Å². The van der Waals surface area contributed by atoms with Crippen molar-refractivity contribution < 1.29 is 14.3 Å². The second-order valence-corrected chi connectivity index (χ2v) is 5.67. The number of hydrogen-bond acceptors (Lipinski definition) is 6. The van der Waals surface area contributed by atoms with E-state index in [2.05, 4.69) is 21.1 Å². The van der Waals surface area contributed by atoms with Crippen LogP contribution in [0.25, 0.3) is 5.69 Å². The van der Waals surface area contributed by atoms with Gasteiger partial charge in [0.15, 0.2) is 0 Å². The maximum atomic E-state index is 12.6. The number of carbonyl (C=O) groups is 2. The van der Waals surface area contributed by atoms with Gasteiger partial charge in [0.05, 0.1) is 41.7 Å². The van der Waals surface area contributed by atoms with E-state index in [1.54, 1.807) is 31.2 Å². The van der Waals surface area contributed by atoms with Crippen molar-refractivity contribution in [1.29, 1.82) is 0 Å². The standard InChI is InChI=1S/C15H15ClN6O4/c1-2-26-13(23)9-7-17-14(24)18-11(9)8-21-15(25)22(20-19-21)12-6-4-3-5-10(12)16/h3-6H,2,7-8H2,1H3,(H2,17,18,24). The Morgan fingerprint density at radius 1 is 1.31 bits per heavy atom. The van der Waals surface area contributed by atoms with Crippen molar-refractivity contribution in [2.45, 2.75) is 13.5 Å². The first-order chi connectivity index (χ1) is 12.5. The van der Waals surface area contributed by atoms with Crippen LogP contribution in [0.4, 0.5) is 4.79 Å². The Morgan fingerprint density at radius 3 is 2.81 bits per heavy atom. The lowest BCUT2D eigenvalue weighted by Gasteiger charge is -2.20. The highest BCUT2D eigenvalue weighted by Crippen LogP contribution is 2.17. The monoisotopic (exact) mass is 378 g/mol. The minimum Gasteiger partial charge on any atom is -0.463 e. The number of ether oxygens (including phenoxy) is 1. The summed E-state index contributed by atoms with van der Waals surface area (Å²) in [7, 11) is 0. The van der Waals surface area contributed by atoms with Crippen molar-refractivity contribution >= 4 is 23.6 Å². The molecule has 0 unspecified atom stereocenters. The Kier molecular flexibility index (Phi) is 5.03. The molecule has 0 atom stereocenters. The van der Waals surface area contributed by atoms with Crippen molar-refractivity contribution in [3.63, 3.8) is 0 Å². The first-order valence-electron chi connectivity index (χ1n) is 7.73. The van der Waals surface area contributed by atoms with Gasteiger partial charge in [-0.05, 0) is 29.5 Å². The number of urea groups is 1. The molecule has 2 heterocycles. The highest BCUT2D eigenvalue weighted by atomic mass is 35.5. The molecule has 2 N–H and O–H groups in total. The summed E-state index contributed by atoms with van der Waals surface area (Å²) in [5.74, 6) is -0.582. The molecule has 0 aliphatic carbocycles. The van der Waals surface area contributed by atoms with E-state index in [0.717, 1.165) is 9.36 Å². The van der Waals surface area contributed by atoms with Gasteiger partial charge in [0.2, 0.25) is 0 Å². The summed E-state index contributed by atoms with van der Waals surface area (Å²) in [5.41, 5.74) is 0.243. The molecule has 136 valence electrons. The number of hydrogen-bond donors (Lipinski definition) is 2. The van der Waals surface area contributed by atoms with Gasteiger partial charge in [-0.3, -0.25) is 0 Å². The van der Waals surface area contributed by atoms with Crippen LogP contribution in [0.15, 0.2) is 40.3 Å². The Labute approximate surface area is 152 Å². The van der Waals surface area contributed by atoms with Gasteiger partial charge < -0.3 is 15.4 Å². The minimum atomic E-state index is -0.582. The summed E-state index contributed by atoms with van der Waals surface area (Å²) in [6.45, 7) is 1.71. The molecule has 1 aliphatic rings. The number of tetrazole rings is 1. The minimum absolute atomic E-state index is 0.00655. The highest BCUT2D eigenvalue weighted by molar-refractivity contribution is 6.32. The third-order valence-electron chi connectivity index (χ3n) is 3.60. The van der Waals surface area contributed by atoms with E-state index in [9.17, 15) is 14.4 Å². The molecule has 3 rings (SSSR count). The van der Waals surface area contributed by atoms with Gasteiger partial charge in [0, 0.05) is 0 Å². The number of nitrogens with zero attached hydrogens (tertiary/aromatic N) is 4. The molecule has 1 aliphatic heterocycles. The number of allylic oxidation sites excluding steroid dienone is 1. The maximum absolute atomic E-state index is 12.6. The van der Waals surface area contributed by atoms with Crippen LogP contribution in [0.1, 0.15) is 6.92 Å². The molecule has 11 heteroatoms. The van der Waals surface area contributed by atoms with Crippen LogP contribution in [-0.2, 0) is 16.1 Å². The van der Waals surface area contributed by atoms with Gasteiger partial charge in [0.25, 0.3) is 0 Å². The van der Waals surface area contributed by atoms with Crippen LogP contribution in [0.3, 0.4) is 0 Å². The molecule has 0 saturated carbocycles. The SMILES string of the molecule is CCOC(=O)C1=C(Cn2nnn(-c3ccccc3Cl)c2=O)NC(=O)NC1. The fourth-order valence-corrected chi connectivity index (χ4v) is 2.59. The molecule has 2 aromatic rings. The van der Waals surface area contributed by atoms with Crippen LogP contribution in [-0.4, -0.2) is 44.9 Å². The van der Waals surface area contributed by atoms with Gasteiger partial charge in [-0.25, -0.2) is 14.4 Å². The number of rotatable bonds is 5. The van der Waals surface area contributed by atoms with E-state index < -0.39 is 17.7 Å². The lowest BCUT2D eigenvalue weighted by Crippen LogP contribution is -2.45. The zero-order valence-electron chi connectivity index (χ0n) is 13.7. The van der Waals surface area contributed by atoms with Crippen molar-refractivity contribution in [3.05, 3.63) is 51.0 Å². The first-order valence-corrected chi connectivity index (χ1v) is 8.10. The number of esters is 1. The fourth-order valence-electron chi connectivity index (χ4n) is 2.38. The molecule has 0 spiro atoms. The van der Waals surface area contributed by atoms with Gasteiger partial charge in [-0.2, -0.15) is 9.36 Å². The van der Waals surface area contributed by atoms with E-state index in [-0.39, 0.29) is 31.0 Å². The van der Waals surface area contributed by atoms with E-state index in [0.29, 0.717) is 10.7 Å².